The number of benzene rings is 3. The van der Waals surface area contributed by atoms with Gasteiger partial charge in [-0.05, 0) is 55.5 Å². The number of carbonyl (C=O) groups is 1. The first kappa shape index (κ1) is 22.5. The molecule has 0 saturated carbocycles. The molecule has 0 bridgehead atoms. The van der Waals surface area contributed by atoms with E-state index in [9.17, 15) is 13.2 Å². The summed E-state index contributed by atoms with van der Waals surface area (Å²) in [7, 11) is -3.99. The molecule has 178 valence electrons. The maximum atomic E-state index is 13.1. The van der Waals surface area contributed by atoms with Crippen LogP contribution in [-0.4, -0.2) is 37.3 Å². The zero-order chi connectivity index (χ0) is 24.4. The van der Waals surface area contributed by atoms with E-state index in [1.54, 1.807) is 47.3 Å². The standard InChI is InChI=1S/C25H22N4O5S/c1-17-11-12-26-29(17)19-6-4-5-18(15-19)27-25(30)21-7-2-3-8-22(21)28-35(31,32)20-9-10-23-24(16-20)34-14-13-33-23/h2-12,15-16,28H,13-14H2,1H3,(H,27,30). The maximum Gasteiger partial charge on any atom is 0.262 e. The van der Waals surface area contributed by atoms with Gasteiger partial charge < -0.3 is 14.8 Å². The monoisotopic (exact) mass is 490 g/mol. The number of hydrogen-bond donors (Lipinski definition) is 2. The van der Waals surface area contributed by atoms with Gasteiger partial charge in [-0.25, -0.2) is 13.1 Å². The fourth-order valence-corrected chi connectivity index (χ4v) is 4.81. The molecule has 0 radical (unpaired) electrons. The molecule has 1 aliphatic rings. The highest BCUT2D eigenvalue weighted by atomic mass is 32.2. The summed E-state index contributed by atoms with van der Waals surface area (Å²) in [6, 6.07) is 19.9. The lowest BCUT2D eigenvalue weighted by atomic mass is 10.1. The smallest absolute Gasteiger partial charge is 0.262 e. The second-order valence-electron chi connectivity index (χ2n) is 7.85. The Morgan fingerprint density at radius 1 is 0.943 bits per heavy atom. The van der Waals surface area contributed by atoms with Crippen LogP contribution in [-0.2, 0) is 10.0 Å². The first-order valence-electron chi connectivity index (χ1n) is 10.8. The van der Waals surface area contributed by atoms with Crippen molar-refractivity contribution in [2.24, 2.45) is 0 Å². The number of aromatic nitrogens is 2. The molecule has 0 spiro atoms. The van der Waals surface area contributed by atoms with Crippen molar-refractivity contribution in [3.63, 3.8) is 0 Å². The summed E-state index contributed by atoms with van der Waals surface area (Å²) in [5, 5.41) is 7.12. The Labute approximate surface area is 202 Å². The number of anilines is 2. The Morgan fingerprint density at radius 3 is 2.54 bits per heavy atom. The van der Waals surface area contributed by atoms with E-state index in [1.165, 1.54) is 18.2 Å². The number of aryl methyl sites for hydroxylation is 1. The molecule has 0 saturated heterocycles. The van der Waals surface area contributed by atoms with Crippen LogP contribution in [0.5, 0.6) is 11.5 Å². The fourth-order valence-electron chi connectivity index (χ4n) is 3.72. The SMILES string of the molecule is Cc1ccnn1-c1cccc(NC(=O)c2ccccc2NS(=O)(=O)c2ccc3c(c2)OCCO3)c1. The summed E-state index contributed by atoms with van der Waals surface area (Å²) < 4.78 is 41.4. The quantitative estimate of drug-likeness (QED) is 0.423. The topological polar surface area (TPSA) is 112 Å². The van der Waals surface area contributed by atoms with Crippen molar-refractivity contribution < 1.29 is 22.7 Å². The maximum absolute atomic E-state index is 13.1. The fraction of sp³-hybridized carbons (Fsp3) is 0.120. The summed E-state index contributed by atoms with van der Waals surface area (Å²) in [4.78, 5) is 13.1. The van der Waals surface area contributed by atoms with Crippen molar-refractivity contribution in [2.45, 2.75) is 11.8 Å². The van der Waals surface area contributed by atoms with E-state index in [0.717, 1.165) is 11.4 Å². The largest absolute Gasteiger partial charge is 0.486 e. The number of hydrogen-bond acceptors (Lipinski definition) is 6. The number of para-hydroxylation sites is 1. The molecule has 9 nitrogen and oxygen atoms in total. The molecule has 1 aliphatic heterocycles. The van der Waals surface area contributed by atoms with E-state index >= 15 is 0 Å². The number of nitrogens with zero attached hydrogens (tertiary/aromatic N) is 2. The normalized spacial score (nSPS) is 12.7. The average molecular weight is 491 g/mol. The Morgan fingerprint density at radius 2 is 1.74 bits per heavy atom. The minimum Gasteiger partial charge on any atom is -0.486 e. The van der Waals surface area contributed by atoms with E-state index in [1.807, 2.05) is 25.1 Å². The molecule has 5 rings (SSSR count). The van der Waals surface area contributed by atoms with Crippen molar-refractivity contribution in [3.8, 4) is 17.2 Å². The molecule has 4 aromatic rings. The third-order valence-electron chi connectivity index (χ3n) is 5.42. The molecule has 3 aromatic carbocycles. The van der Waals surface area contributed by atoms with E-state index in [0.29, 0.717) is 30.4 Å². The number of amides is 1. The molecule has 2 heterocycles. The van der Waals surface area contributed by atoms with Crippen LogP contribution in [0.25, 0.3) is 5.69 Å². The molecule has 10 heteroatoms. The molecular formula is C25H22N4O5S. The van der Waals surface area contributed by atoms with Gasteiger partial charge in [-0.3, -0.25) is 9.52 Å². The van der Waals surface area contributed by atoms with Crippen molar-refractivity contribution in [3.05, 3.63) is 90.3 Å². The van der Waals surface area contributed by atoms with Gasteiger partial charge in [-0.1, -0.05) is 18.2 Å². The highest BCUT2D eigenvalue weighted by molar-refractivity contribution is 7.92. The third-order valence-corrected chi connectivity index (χ3v) is 6.78. The van der Waals surface area contributed by atoms with Gasteiger partial charge in [-0.15, -0.1) is 0 Å². The second kappa shape index (κ2) is 9.15. The van der Waals surface area contributed by atoms with Gasteiger partial charge in [0.15, 0.2) is 11.5 Å². The van der Waals surface area contributed by atoms with E-state index in [-0.39, 0.29) is 16.1 Å². The van der Waals surface area contributed by atoms with Crippen LogP contribution in [0.3, 0.4) is 0 Å². The number of rotatable bonds is 6. The van der Waals surface area contributed by atoms with Crippen LogP contribution in [0.4, 0.5) is 11.4 Å². The van der Waals surface area contributed by atoms with Crippen molar-refractivity contribution in [1.29, 1.82) is 0 Å². The second-order valence-corrected chi connectivity index (χ2v) is 9.53. The molecule has 0 fully saturated rings. The average Bonchev–Trinajstić information content (AvgIpc) is 3.30. The van der Waals surface area contributed by atoms with Crippen LogP contribution < -0.4 is 19.5 Å². The summed E-state index contributed by atoms with van der Waals surface area (Å²) in [6.07, 6.45) is 1.70. The molecule has 0 atom stereocenters. The van der Waals surface area contributed by atoms with Crippen LogP contribution in [0, 0.1) is 6.92 Å². The van der Waals surface area contributed by atoms with Gasteiger partial charge in [-0.2, -0.15) is 5.10 Å². The zero-order valence-corrected chi connectivity index (χ0v) is 19.6. The summed E-state index contributed by atoms with van der Waals surface area (Å²) >= 11 is 0. The van der Waals surface area contributed by atoms with E-state index in [2.05, 4.69) is 15.1 Å². The minimum absolute atomic E-state index is 0.000690. The summed E-state index contributed by atoms with van der Waals surface area (Å²) in [5.74, 6) is 0.389. The van der Waals surface area contributed by atoms with Crippen molar-refractivity contribution in [2.75, 3.05) is 23.3 Å². The van der Waals surface area contributed by atoms with Gasteiger partial charge >= 0.3 is 0 Å². The Bertz CT molecular complexity index is 1510. The number of ether oxygens (including phenoxy) is 2. The van der Waals surface area contributed by atoms with E-state index < -0.39 is 15.9 Å². The first-order valence-corrected chi connectivity index (χ1v) is 12.3. The van der Waals surface area contributed by atoms with Gasteiger partial charge in [0.1, 0.15) is 13.2 Å². The van der Waals surface area contributed by atoms with Gasteiger partial charge in [0.05, 0.1) is 21.8 Å². The lowest BCUT2D eigenvalue weighted by molar-refractivity contribution is 0.102. The molecular weight excluding hydrogens is 468 g/mol. The predicted molar refractivity (Wildman–Crippen MR) is 131 cm³/mol. The number of nitrogens with one attached hydrogen (secondary N) is 2. The molecule has 0 aliphatic carbocycles. The van der Waals surface area contributed by atoms with E-state index in [4.69, 9.17) is 9.47 Å². The molecule has 0 unspecified atom stereocenters. The molecule has 1 amide bonds. The van der Waals surface area contributed by atoms with Crippen LogP contribution in [0.2, 0.25) is 0 Å². The van der Waals surface area contributed by atoms with Crippen LogP contribution in [0.15, 0.2) is 83.9 Å². The summed E-state index contributed by atoms with van der Waals surface area (Å²) in [5.41, 5.74) is 2.62. The number of sulfonamides is 1. The van der Waals surface area contributed by atoms with Gasteiger partial charge in [0.2, 0.25) is 0 Å². The molecule has 1 aromatic heterocycles. The lowest BCUT2D eigenvalue weighted by Gasteiger charge is -2.19. The first-order chi connectivity index (χ1) is 16.9. The zero-order valence-electron chi connectivity index (χ0n) is 18.8. The Kier molecular flexibility index (Phi) is 5.87. The summed E-state index contributed by atoms with van der Waals surface area (Å²) in [6.45, 7) is 2.68. The third kappa shape index (κ3) is 4.69. The van der Waals surface area contributed by atoms with Gasteiger partial charge in [0, 0.05) is 23.6 Å². The van der Waals surface area contributed by atoms with Crippen molar-refractivity contribution >= 4 is 27.3 Å². The molecule has 35 heavy (non-hydrogen) atoms. The highest BCUT2D eigenvalue weighted by Crippen LogP contribution is 2.33. The van der Waals surface area contributed by atoms with Crippen molar-refractivity contribution in [1.82, 2.24) is 9.78 Å². The Balaban J connectivity index is 1.39. The Hall–Kier alpha value is -4.31. The number of fused-ring (bicyclic) bond motifs is 1. The number of carbonyl (C=O) groups excluding carboxylic acids is 1. The lowest BCUT2D eigenvalue weighted by Crippen LogP contribution is -2.19. The van der Waals surface area contributed by atoms with Gasteiger partial charge in [0.25, 0.3) is 15.9 Å². The minimum atomic E-state index is -3.99. The highest BCUT2D eigenvalue weighted by Gasteiger charge is 2.22. The predicted octanol–water partition coefficient (Wildman–Crippen LogP) is 4.01. The van der Waals surface area contributed by atoms with Crippen LogP contribution in [0.1, 0.15) is 16.1 Å². The van der Waals surface area contributed by atoms with Crippen LogP contribution >= 0.6 is 0 Å². The molecule has 2 N–H and O–H groups in total.